The lowest BCUT2D eigenvalue weighted by molar-refractivity contribution is -0.113. The first-order valence-corrected chi connectivity index (χ1v) is 10.7. The van der Waals surface area contributed by atoms with Crippen LogP contribution in [-0.4, -0.2) is 17.6 Å². The van der Waals surface area contributed by atoms with Gasteiger partial charge < -0.3 is 15.1 Å². The van der Waals surface area contributed by atoms with Crippen molar-refractivity contribution in [2.75, 3.05) is 16.4 Å². The number of carbonyl (C=O) groups excluding carboxylic acids is 2. The molecule has 0 saturated carbocycles. The van der Waals surface area contributed by atoms with Crippen LogP contribution in [0, 0.1) is 0 Å². The van der Waals surface area contributed by atoms with Gasteiger partial charge in [0.2, 0.25) is 11.7 Å². The Bertz CT molecular complexity index is 1160. The Kier molecular flexibility index (Phi) is 6.15. The number of amides is 2. The molecule has 4 rings (SSSR count). The van der Waals surface area contributed by atoms with Crippen molar-refractivity contribution >= 4 is 45.9 Å². The van der Waals surface area contributed by atoms with E-state index in [1.54, 1.807) is 18.2 Å². The second-order valence-corrected chi connectivity index (χ2v) is 7.63. The predicted octanol–water partition coefficient (Wildman–Crippen LogP) is 5.56. The molecule has 30 heavy (non-hydrogen) atoms. The molecule has 0 saturated heterocycles. The molecule has 6 heteroatoms. The van der Waals surface area contributed by atoms with E-state index < -0.39 is 5.91 Å². The predicted molar refractivity (Wildman–Crippen MR) is 122 cm³/mol. The first-order valence-electron chi connectivity index (χ1n) is 9.50. The lowest BCUT2D eigenvalue weighted by Crippen LogP contribution is -2.18. The number of thioether (sulfide) groups is 1. The van der Waals surface area contributed by atoms with Crippen molar-refractivity contribution in [3.05, 3.63) is 96.3 Å². The molecule has 150 valence electrons. The van der Waals surface area contributed by atoms with E-state index in [0.717, 1.165) is 11.3 Å². The fourth-order valence-electron chi connectivity index (χ4n) is 3.05. The van der Waals surface area contributed by atoms with E-state index in [1.807, 2.05) is 66.7 Å². The van der Waals surface area contributed by atoms with Gasteiger partial charge in [0.1, 0.15) is 11.3 Å². The van der Waals surface area contributed by atoms with E-state index in [9.17, 15) is 9.59 Å². The molecular formula is C24H20N2O3S. The smallest absolute Gasteiger partial charge is 0.293 e. The van der Waals surface area contributed by atoms with E-state index in [4.69, 9.17) is 4.42 Å². The molecule has 1 aromatic heterocycles. The lowest BCUT2D eigenvalue weighted by atomic mass is 10.2. The average molecular weight is 417 g/mol. The zero-order chi connectivity index (χ0) is 20.8. The molecule has 3 aromatic carbocycles. The molecule has 0 fully saturated rings. The van der Waals surface area contributed by atoms with E-state index in [0.29, 0.717) is 22.3 Å². The third kappa shape index (κ3) is 4.72. The summed E-state index contributed by atoms with van der Waals surface area (Å²) in [6.07, 6.45) is 0. The Morgan fingerprint density at radius 3 is 2.23 bits per heavy atom. The van der Waals surface area contributed by atoms with Crippen LogP contribution in [0.5, 0.6) is 0 Å². The number of furan rings is 1. The van der Waals surface area contributed by atoms with E-state index in [-0.39, 0.29) is 17.4 Å². The van der Waals surface area contributed by atoms with Gasteiger partial charge >= 0.3 is 0 Å². The highest BCUT2D eigenvalue weighted by Crippen LogP contribution is 2.31. The standard InChI is InChI=1S/C24H20N2O3S/c27-21(16-30-15-17-9-3-1-4-10-17)26-22-19-13-7-8-14-20(19)29-23(22)24(28)25-18-11-5-2-6-12-18/h1-14H,15-16H2,(H,25,28)(H,26,27). The van der Waals surface area contributed by atoms with E-state index in [2.05, 4.69) is 10.6 Å². The molecule has 0 aliphatic carbocycles. The number of anilines is 2. The fourth-order valence-corrected chi connectivity index (χ4v) is 3.84. The van der Waals surface area contributed by atoms with Crippen LogP contribution in [-0.2, 0) is 10.5 Å². The first kappa shape index (κ1) is 19.8. The van der Waals surface area contributed by atoms with Gasteiger partial charge in [0.05, 0.1) is 5.75 Å². The monoisotopic (exact) mass is 416 g/mol. The molecule has 0 spiro atoms. The van der Waals surface area contributed by atoms with Crippen molar-refractivity contribution in [2.45, 2.75) is 5.75 Å². The number of nitrogens with one attached hydrogen (secondary N) is 2. The summed E-state index contributed by atoms with van der Waals surface area (Å²) in [6, 6.07) is 26.4. The molecule has 0 aliphatic heterocycles. The van der Waals surface area contributed by atoms with Crippen molar-refractivity contribution in [3.8, 4) is 0 Å². The minimum absolute atomic E-state index is 0.0847. The van der Waals surface area contributed by atoms with Gasteiger partial charge in [-0.2, -0.15) is 0 Å². The van der Waals surface area contributed by atoms with Gasteiger partial charge in [0.15, 0.2) is 0 Å². The third-order valence-electron chi connectivity index (χ3n) is 4.44. The molecule has 5 nitrogen and oxygen atoms in total. The van der Waals surface area contributed by atoms with Gasteiger partial charge in [-0.05, 0) is 29.8 Å². The maximum Gasteiger partial charge on any atom is 0.293 e. The van der Waals surface area contributed by atoms with Gasteiger partial charge in [-0.3, -0.25) is 9.59 Å². The van der Waals surface area contributed by atoms with Crippen molar-refractivity contribution in [1.82, 2.24) is 0 Å². The Balaban J connectivity index is 1.50. The van der Waals surface area contributed by atoms with Crippen molar-refractivity contribution < 1.29 is 14.0 Å². The molecular weight excluding hydrogens is 396 g/mol. The van der Waals surface area contributed by atoms with Crippen LogP contribution in [0.15, 0.2) is 89.3 Å². The van der Waals surface area contributed by atoms with Gasteiger partial charge in [-0.25, -0.2) is 0 Å². The van der Waals surface area contributed by atoms with Crippen LogP contribution < -0.4 is 10.6 Å². The van der Waals surface area contributed by atoms with Crippen molar-refractivity contribution in [2.24, 2.45) is 0 Å². The molecule has 2 N–H and O–H groups in total. The quantitative estimate of drug-likeness (QED) is 0.414. The van der Waals surface area contributed by atoms with Crippen LogP contribution in [0.1, 0.15) is 16.1 Å². The summed E-state index contributed by atoms with van der Waals surface area (Å²) in [5.41, 5.74) is 2.75. The molecule has 4 aromatic rings. The molecule has 0 atom stereocenters. The maximum absolute atomic E-state index is 12.8. The maximum atomic E-state index is 12.8. The van der Waals surface area contributed by atoms with E-state index in [1.165, 1.54) is 11.8 Å². The Morgan fingerprint density at radius 2 is 1.47 bits per heavy atom. The average Bonchev–Trinajstić information content (AvgIpc) is 3.14. The third-order valence-corrected chi connectivity index (χ3v) is 5.45. The highest BCUT2D eigenvalue weighted by molar-refractivity contribution is 7.99. The van der Waals surface area contributed by atoms with Gasteiger partial charge in [0, 0.05) is 16.8 Å². The highest BCUT2D eigenvalue weighted by Gasteiger charge is 2.22. The fraction of sp³-hybridized carbons (Fsp3) is 0.0833. The van der Waals surface area contributed by atoms with Gasteiger partial charge in [0.25, 0.3) is 5.91 Å². The zero-order valence-electron chi connectivity index (χ0n) is 16.1. The summed E-state index contributed by atoms with van der Waals surface area (Å²) in [6.45, 7) is 0. The number of para-hydroxylation sites is 2. The number of fused-ring (bicyclic) bond motifs is 1. The van der Waals surface area contributed by atoms with Crippen LogP contribution in [0.4, 0.5) is 11.4 Å². The SMILES string of the molecule is O=C(CSCc1ccccc1)Nc1c(C(=O)Nc2ccccc2)oc2ccccc12. The summed E-state index contributed by atoms with van der Waals surface area (Å²) in [5, 5.41) is 6.37. The zero-order valence-corrected chi connectivity index (χ0v) is 16.9. The largest absolute Gasteiger partial charge is 0.449 e. The summed E-state index contributed by atoms with van der Waals surface area (Å²) < 4.78 is 5.77. The van der Waals surface area contributed by atoms with Crippen molar-refractivity contribution in [1.29, 1.82) is 0 Å². The number of carbonyl (C=O) groups is 2. The van der Waals surface area contributed by atoms with E-state index >= 15 is 0 Å². The minimum atomic E-state index is -0.412. The number of hydrogen-bond donors (Lipinski definition) is 2. The van der Waals surface area contributed by atoms with Crippen molar-refractivity contribution in [3.63, 3.8) is 0 Å². The van der Waals surface area contributed by atoms with Crippen LogP contribution in [0.25, 0.3) is 11.0 Å². The van der Waals surface area contributed by atoms with Crippen LogP contribution in [0.3, 0.4) is 0 Å². The summed E-state index contributed by atoms with van der Waals surface area (Å²) in [4.78, 5) is 25.4. The van der Waals surface area contributed by atoms with Crippen LogP contribution in [0.2, 0.25) is 0 Å². The Morgan fingerprint density at radius 1 is 0.800 bits per heavy atom. The molecule has 1 heterocycles. The number of benzene rings is 3. The topological polar surface area (TPSA) is 71.3 Å². The molecule has 2 amide bonds. The second-order valence-electron chi connectivity index (χ2n) is 6.65. The first-order chi connectivity index (χ1) is 14.7. The van der Waals surface area contributed by atoms with Gasteiger partial charge in [-0.15, -0.1) is 11.8 Å². The highest BCUT2D eigenvalue weighted by atomic mass is 32.2. The number of rotatable bonds is 7. The summed E-state index contributed by atoms with van der Waals surface area (Å²) in [5.74, 6) is 0.498. The molecule has 0 aliphatic rings. The molecule has 0 radical (unpaired) electrons. The molecule has 0 bridgehead atoms. The molecule has 0 unspecified atom stereocenters. The summed E-state index contributed by atoms with van der Waals surface area (Å²) >= 11 is 1.52. The lowest BCUT2D eigenvalue weighted by Gasteiger charge is -2.07. The summed E-state index contributed by atoms with van der Waals surface area (Å²) in [7, 11) is 0. The van der Waals surface area contributed by atoms with Gasteiger partial charge in [-0.1, -0.05) is 60.7 Å². The normalized spacial score (nSPS) is 10.7. The number of hydrogen-bond acceptors (Lipinski definition) is 4. The second kappa shape index (κ2) is 9.33. The minimum Gasteiger partial charge on any atom is -0.449 e. The Labute approximate surface area is 178 Å². The van der Waals surface area contributed by atoms with Crippen LogP contribution >= 0.6 is 11.8 Å². The Hall–Kier alpha value is -3.51.